The molecule has 2 aromatic rings. The highest BCUT2D eigenvalue weighted by atomic mass is 35.5. The maximum atomic E-state index is 13.2. The number of aryl methyl sites for hydroxylation is 1. The van der Waals surface area contributed by atoms with Crippen LogP contribution in [0.5, 0.6) is 11.5 Å². The molecule has 8 heteroatoms. The summed E-state index contributed by atoms with van der Waals surface area (Å²) in [4.78, 5) is 0.189. The van der Waals surface area contributed by atoms with Crippen LogP contribution in [0.25, 0.3) is 0 Å². The second-order valence-electron chi connectivity index (χ2n) is 5.59. The highest BCUT2D eigenvalue weighted by Gasteiger charge is 2.27. The van der Waals surface area contributed by atoms with Crippen molar-refractivity contribution < 1.29 is 17.9 Å². The molecule has 0 aliphatic carbocycles. The number of hydrogen-bond donors (Lipinski definition) is 1. The molecule has 2 rings (SSSR count). The van der Waals surface area contributed by atoms with E-state index in [9.17, 15) is 8.42 Å². The minimum Gasteiger partial charge on any atom is -0.493 e. The van der Waals surface area contributed by atoms with Gasteiger partial charge < -0.3 is 15.2 Å². The van der Waals surface area contributed by atoms with Crippen molar-refractivity contribution in [1.29, 1.82) is 0 Å². The smallest absolute Gasteiger partial charge is 0.243 e. The number of benzene rings is 2. The summed E-state index contributed by atoms with van der Waals surface area (Å²) in [7, 11) is -0.739. The van der Waals surface area contributed by atoms with Gasteiger partial charge in [0.2, 0.25) is 10.0 Å². The quantitative estimate of drug-likeness (QED) is 0.736. The van der Waals surface area contributed by atoms with Gasteiger partial charge in [-0.15, -0.1) is 12.4 Å². The van der Waals surface area contributed by atoms with Gasteiger partial charge in [0.25, 0.3) is 0 Å². The normalized spacial score (nSPS) is 11.1. The Bertz CT molecular complexity index is 813. The van der Waals surface area contributed by atoms with E-state index in [4.69, 9.17) is 15.2 Å². The summed E-state index contributed by atoms with van der Waals surface area (Å²) in [6.07, 6.45) is 0. The first kappa shape index (κ1) is 22.2. The zero-order valence-corrected chi connectivity index (χ0v) is 16.8. The van der Waals surface area contributed by atoms with E-state index in [0.29, 0.717) is 17.1 Å². The molecule has 0 fully saturated rings. The van der Waals surface area contributed by atoms with Gasteiger partial charge in [0.15, 0.2) is 11.5 Å². The minimum atomic E-state index is -3.73. The van der Waals surface area contributed by atoms with Gasteiger partial charge in [-0.1, -0.05) is 30.3 Å². The number of hydrogen-bond acceptors (Lipinski definition) is 5. The van der Waals surface area contributed by atoms with E-state index in [1.54, 1.807) is 13.0 Å². The Morgan fingerprint density at radius 1 is 1.04 bits per heavy atom. The Balaban J connectivity index is 0.00000338. The molecule has 0 spiro atoms. The Labute approximate surface area is 161 Å². The molecule has 0 aromatic heterocycles. The molecule has 2 aromatic carbocycles. The fraction of sp³-hybridized carbons (Fsp3) is 0.333. The van der Waals surface area contributed by atoms with Crippen LogP contribution in [0.1, 0.15) is 11.1 Å². The molecule has 0 amide bonds. The van der Waals surface area contributed by atoms with Crippen molar-refractivity contribution in [1.82, 2.24) is 4.31 Å². The van der Waals surface area contributed by atoms with E-state index in [0.717, 1.165) is 5.56 Å². The van der Waals surface area contributed by atoms with Crippen molar-refractivity contribution in [3.8, 4) is 11.5 Å². The average Bonchev–Trinajstić information content (AvgIpc) is 2.61. The number of nitrogens with two attached hydrogens (primary N) is 1. The molecule has 0 saturated carbocycles. The molecule has 26 heavy (non-hydrogen) atoms. The number of rotatable bonds is 8. The predicted octanol–water partition coefficient (Wildman–Crippen LogP) is 2.58. The van der Waals surface area contributed by atoms with Crippen molar-refractivity contribution in [2.75, 3.05) is 27.3 Å². The molecule has 0 aliphatic heterocycles. The lowest BCUT2D eigenvalue weighted by atomic mass is 10.2. The van der Waals surface area contributed by atoms with E-state index >= 15 is 0 Å². The highest BCUT2D eigenvalue weighted by Crippen LogP contribution is 2.33. The molecule has 0 bridgehead atoms. The van der Waals surface area contributed by atoms with Crippen molar-refractivity contribution in [2.24, 2.45) is 5.73 Å². The van der Waals surface area contributed by atoms with Crippen molar-refractivity contribution >= 4 is 22.4 Å². The van der Waals surface area contributed by atoms with Gasteiger partial charge >= 0.3 is 0 Å². The minimum absolute atomic E-state index is 0. The molecule has 0 atom stereocenters. The molecule has 0 saturated heterocycles. The molecule has 144 valence electrons. The van der Waals surface area contributed by atoms with Crippen LogP contribution in [-0.2, 0) is 16.6 Å². The van der Waals surface area contributed by atoms with Crippen LogP contribution in [0, 0.1) is 6.92 Å². The van der Waals surface area contributed by atoms with Gasteiger partial charge in [0.05, 0.1) is 19.1 Å². The van der Waals surface area contributed by atoms with Crippen LogP contribution < -0.4 is 15.2 Å². The monoisotopic (exact) mass is 400 g/mol. The maximum Gasteiger partial charge on any atom is 0.243 e. The van der Waals surface area contributed by atoms with Gasteiger partial charge in [-0.3, -0.25) is 0 Å². The molecule has 0 heterocycles. The third kappa shape index (κ3) is 4.88. The summed E-state index contributed by atoms with van der Waals surface area (Å²) in [6.45, 7) is 2.45. The summed E-state index contributed by atoms with van der Waals surface area (Å²) in [5.41, 5.74) is 7.14. The molecular weight excluding hydrogens is 376 g/mol. The summed E-state index contributed by atoms with van der Waals surface area (Å²) in [5, 5.41) is 0. The second kappa shape index (κ2) is 9.78. The van der Waals surface area contributed by atoms with Crippen LogP contribution in [0.2, 0.25) is 0 Å². The van der Waals surface area contributed by atoms with E-state index in [2.05, 4.69) is 0 Å². The lowest BCUT2D eigenvalue weighted by Gasteiger charge is -2.23. The van der Waals surface area contributed by atoms with E-state index < -0.39 is 10.0 Å². The van der Waals surface area contributed by atoms with Gasteiger partial charge in [-0.05, 0) is 24.1 Å². The average molecular weight is 401 g/mol. The molecule has 0 radical (unpaired) electrons. The van der Waals surface area contributed by atoms with Gasteiger partial charge in [-0.2, -0.15) is 4.31 Å². The fourth-order valence-corrected chi connectivity index (χ4v) is 4.26. The van der Waals surface area contributed by atoms with E-state index in [1.807, 2.05) is 30.3 Å². The summed E-state index contributed by atoms with van der Waals surface area (Å²) in [5.74, 6) is 0.867. The van der Waals surface area contributed by atoms with Crippen LogP contribution in [-0.4, -0.2) is 40.0 Å². The van der Waals surface area contributed by atoms with Crippen molar-refractivity contribution in [3.05, 3.63) is 53.6 Å². The SMILES string of the molecule is COc1cc(C)c(S(=O)(=O)N(CCN)Cc2ccccc2)cc1OC.Cl. The summed E-state index contributed by atoms with van der Waals surface area (Å²) >= 11 is 0. The number of methoxy groups -OCH3 is 2. The molecule has 2 N–H and O–H groups in total. The molecular formula is C18H25ClN2O4S. The largest absolute Gasteiger partial charge is 0.493 e. The molecule has 0 unspecified atom stereocenters. The highest BCUT2D eigenvalue weighted by molar-refractivity contribution is 7.89. The lowest BCUT2D eigenvalue weighted by Crippen LogP contribution is -2.35. The van der Waals surface area contributed by atoms with Crippen LogP contribution >= 0.6 is 12.4 Å². The van der Waals surface area contributed by atoms with Crippen molar-refractivity contribution in [2.45, 2.75) is 18.4 Å². The third-order valence-corrected chi connectivity index (χ3v) is 5.87. The molecule has 6 nitrogen and oxygen atoms in total. The Morgan fingerprint density at radius 2 is 1.62 bits per heavy atom. The number of sulfonamides is 1. The second-order valence-corrected chi connectivity index (χ2v) is 7.49. The van der Waals surface area contributed by atoms with Gasteiger partial charge in [0, 0.05) is 25.7 Å². The van der Waals surface area contributed by atoms with Crippen LogP contribution in [0.4, 0.5) is 0 Å². The van der Waals surface area contributed by atoms with E-state index in [1.165, 1.54) is 24.6 Å². The Kier molecular flexibility index (Phi) is 8.36. The summed E-state index contributed by atoms with van der Waals surface area (Å²) in [6, 6.07) is 12.6. The first-order valence-electron chi connectivity index (χ1n) is 7.90. The van der Waals surface area contributed by atoms with Crippen molar-refractivity contribution in [3.63, 3.8) is 0 Å². The Hall–Kier alpha value is -1.80. The number of ether oxygens (including phenoxy) is 2. The third-order valence-electron chi connectivity index (χ3n) is 3.88. The standard InChI is InChI=1S/C18H24N2O4S.ClH/c1-14-11-16(23-2)17(24-3)12-18(14)25(21,22)20(10-9-19)13-15-7-5-4-6-8-15;/h4-8,11-12H,9-10,13,19H2,1-3H3;1H. The topological polar surface area (TPSA) is 81.9 Å². The first-order chi connectivity index (χ1) is 11.9. The zero-order chi connectivity index (χ0) is 18.4. The number of nitrogens with zero attached hydrogens (tertiary/aromatic N) is 1. The predicted molar refractivity (Wildman–Crippen MR) is 105 cm³/mol. The van der Waals surface area contributed by atoms with E-state index in [-0.39, 0.29) is 36.9 Å². The number of halogens is 1. The van der Waals surface area contributed by atoms with Gasteiger partial charge in [-0.25, -0.2) is 8.42 Å². The molecule has 0 aliphatic rings. The Morgan fingerprint density at radius 3 is 2.15 bits per heavy atom. The zero-order valence-electron chi connectivity index (χ0n) is 15.1. The van der Waals surface area contributed by atoms with Crippen LogP contribution in [0.15, 0.2) is 47.4 Å². The summed E-state index contributed by atoms with van der Waals surface area (Å²) < 4.78 is 38.3. The maximum absolute atomic E-state index is 13.2. The fourth-order valence-electron chi connectivity index (χ4n) is 2.59. The lowest BCUT2D eigenvalue weighted by molar-refractivity contribution is 0.353. The van der Waals surface area contributed by atoms with Crippen LogP contribution in [0.3, 0.4) is 0 Å². The first-order valence-corrected chi connectivity index (χ1v) is 9.34. The van der Waals surface area contributed by atoms with Gasteiger partial charge in [0.1, 0.15) is 0 Å².